The maximum absolute atomic E-state index is 14.0. The molecule has 1 heterocycles. The summed E-state index contributed by atoms with van der Waals surface area (Å²) in [5.74, 6) is -1.41. The van der Waals surface area contributed by atoms with Gasteiger partial charge in [0.15, 0.2) is 0 Å². The third-order valence-corrected chi connectivity index (χ3v) is 6.74. The summed E-state index contributed by atoms with van der Waals surface area (Å²) in [6.45, 7) is 2.20. The number of fused-ring (bicyclic) bond motifs is 1. The van der Waals surface area contributed by atoms with Gasteiger partial charge in [0, 0.05) is 23.3 Å². The van der Waals surface area contributed by atoms with E-state index in [0.29, 0.717) is 17.1 Å². The quantitative estimate of drug-likeness (QED) is 0.362. The van der Waals surface area contributed by atoms with E-state index in [1.807, 2.05) is 54.6 Å². The average molecular weight is 536 g/mol. The first-order chi connectivity index (χ1) is 18.3. The summed E-state index contributed by atoms with van der Waals surface area (Å²) in [7, 11) is 0. The van der Waals surface area contributed by atoms with E-state index in [2.05, 4.69) is 10.6 Å². The van der Waals surface area contributed by atoms with Gasteiger partial charge in [0.1, 0.15) is 6.04 Å². The number of rotatable bonds is 9. The molecule has 0 aromatic heterocycles. The van der Waals surface area contributed by atoms with Gasteiger partial charge in [-0.15, -0.1) is 0 Å². The number of nitrogens with zero attached hydrogens (tertiary/aromatic N) is 1. The molecule has 0 aliphatic carbocycles. The predicted octanol–water partition coefficient (Wildman–Crippen LogP) is 4.86. The molecule has 3 aromatic carbocycles. The van der Waals surface area contributed by atoms with Gasteiger partial charge in [-0.05, 0) is 48.2 Å². The van der Waals surface area contributed by atoms with Gasteiger partial charge in [-0.25, -0.2) is 4.79 Å². The third kappa shape index (κ3) is 7.12. The minimum Gasteiger partial charge on any atom is -0.481 e. The summed E-state index contributed by atoms with van der Waals surface area (Å²) in [5, 5.41) is 15.5. The second-order valence-corrected chi connectivity index (χ2v) is 9.72. The van der Waals surface area contributed by atoms with Crippen LogP contribution in [0.4, 0.5) is 10.5 Å². The van der Waals surface area contributed by atoms with Gasteiger partial charge in [-0.1, -0.05) is 72.3 Å². The number of carbonyl (C=O) groups excluding carboxylic acids is 2. The van der Waals surface area contributed by atoms with Crippen molar-refractivity contribution in [1.29, 1.82) is 0 Å². The monoisotopic (exact) mass is 535 g/mol. The van der Waals surface area contributed by atoms with Crippen LogP contribution in [0.2, 0.25) is 5.02 Å². The zero-order valence-electron chi connectivity index (χ0n) is 21.0. The number of carboxylic acid groups (broad SMARTS) is 1. The molecular weight excluding hydrogens is 506 g/mol. The van der Waals surface area contributed by atoms with E-state index in [-0.39, 0.29) is 19.6 Å². The van der Waals surface area contributed by atoms with Crippen LogP contribution in [0.1, 0.15) is 30.0 Å². The molecule has 4 rings (SSSR count). The van der Waals surface area contributed by atoms with Crippen molar-refractivity contribution in [3.05, 3.63) is 101 Å². The molecule has 0 bridgehead atoms. The first-order valence-corrected chi connectivity index (χ1v) is 12.8. The number of carboxylic acids is 1. The molecule has 3 aromatic rings. The third-order valence-electron chi connectivity index (χ3n) is 6.51. The van der Waals surface area contributed by atoms with Crippen molar-refractivity contribution in [3.8, 4) is 0 Å². The molecule has 0 saturated carbocycles. The number of halogens is 1. The summed E-state index contributed by atoms with van der Waals surface area (Å²) < 4.78 is 6.03. The molecule has 0 fully saturated rings. The highest BCUT2D eigenvalue weighted by molar-refractivity contribution is 6.30. The number of hydrogen-bond acceptors (Lipinski definition) is 4. The molecule has 0 radical (unpaired) electrons. The zero-order valence-corrected chi connectivity index (χ0v) is 21.7. The normalized spacial score (nSPS) is 16.2. The zero-order chi connectivity index (χ0) is 27.1. The molecule has 0 unspecified atom stereocenters. The highest BCUT2D eigenvalue weighted by atomic mass is 35.5. The van der Waals surface area contributed by atoms with E-state index >= 15 is 0 Å². The fourth-order valence-corrected chi connectivity index (χ4v) is 4.75. The Kier molecular flexibility index (Phi) is 8.99. The maximum Gasteiger partial charge on any atom is 0.319 e. The summed E-state index contributed by atoms with van der Waals surface area (Å²) in [6.07, 6.45) is -0.509. The van der Waals surface area contributed by atoms with Gasteiger partial charge >= 0.3 is 12.0 Å². The lowest BCUT2D eigenvalue weighted by atomic mass is 9.91. The van der Waals surface area contributed by atoms with Gasteiger partial charge in [-0.2, -0.15) is 0 Å². The lowest BCUT2D eigenvalue weighted by Gasteiger charge is -2.39. The maximum atomic E-state index is 14.0. The Hall–Kier alpha value is -3.88. The molecule has 3 N–H and O–H groups in total. The number of nitrogens with one attached hydrogen (secondary N) is 2. The highest BCUT2D eigenvalue weighted by Gasteiger charge is 2.38. The van der Waals surface area contributed by atoms with Crippen LogP contribution in [0.5, 0.6) is 0 Å². The summed E-state index contributed by atoms with van der Waals surface area (Å²) >= 11 is 6.03. The number of urea groups is 1. The van der Waals surface area contributed by atoms with Crippen molar-refractivity contribution < 1.29 is 24.2 Å². The van der Waals surface area contributed by atoms with Crippen LogP contribution in [0, 0.1) is 0 Å². The molecular formula is C29H30ClN3O5. The minimum atomic E-state index is -1.07. The van der Waals surface area contributed by atoms with Gasteiger partial charge < -0.3 is 25.4 Å². The lowest BCUT2D eigenvalue weighted by Crippen LogP contribution is -2.58. The first kappa shape index (κ1) is 27.2. The van der Waals surface area contributed by atoms with Crippen LogP contribution in [0.15, 0.2) is 78.9 Å². The fourth-order valence-electron chi connectivity index (χ4n) is 4.56. The molecule has 9 heteroatoms. The fraction of sp³-hybridized carbons (Fsp3) is 0.276. The molecule has 3 atom stereocenters. The number of hydrogen-bond donors (Lipinski definition) is 3. The molecule has 1 aliphatic rings. The molecule has 8 nitrogen and oxygen atoms in total. The van der Waals surface area contributed by atoms with Crippen LogP contribution >= 0.6 is 11.6 Å². The first-order valence-electron chi connectivity index (χ1n) is 12.4. The van der Waals surface area contributed by atoms with E-state index in [9.17, 15) is 19.5 Å². The van der Waals surface area contributed by atoms with Crippen molar-refractivity contribution >= 4 is 35.2 Å². The smallest absolute Gasteiger partial charge is 0.319 e. The topological polar surface area (TPSA) is 108 Å². The molecule has 198 valence electrons. The van der Waals surface area contributed by atoms with Gasteiger partial charge in [0.05, 0.1) is 19.1 Å². The van der Waals surface area contributed by atoms with Crippen molar-refractivity contribution in [1.82, 2.24) is 10.2 Å². The van der Waals surface area contributed by atoms with E-state index in [1.165, 1.54) is 0 Å². The van der Waals surface area contributed by atoms with Crippen LogP contribution < -0.4 is 10.6 Å². The van der Waals surface area contributed by atoms with Gasteiger partial charge in [0.2, 0.25) is 5.91 Å². The Morgan fingerprint density at radius 2 is 1.74 bits per heavy atom. The van der Waals surface area contributed by atoms with E-state index in [1.54, 1.807) is 36.1 Å². The SMILES string of the molecule is C[C@@H](OCc1ccccc1)[C@H](NC(=O)Nc1cccc(Cl)c1)C(=O)N1Cc2ccccc2C[C@@H]1CC(=O)O. The summed E-state index contributed by atoms with van der Waals surface area (Å²) in [6, 6.07) is 21.6. The van der Waals surface area contributed by atoms with E-state index < -0.39 is 36.1 Å². The number of carbonyl (C=O) groups is 3. The van der Waals surface area contributed by atoms with E-state index in [4.69, 9.17) is 16.3 Å². The highest BCUT2D eigenvalue weighted by Crippen LogP contribution is 2.26. The average Bonchev–Trinajstić information content (AvgIpc) is 2.90. The van der Waals surface area contributed by atoms with Gasteiger partial charge in [0.25, 0.3) is 0 Å². The Bertz CT molecular complexity index is 1290. The van der Waals surface area contributed by atoms with Crippen molar-refractivity contribution in [2.45, 2.75) is 51.1 Å². The molecule has 0 spiro atoms. The number of ether oxygens (including phenoxy) is 1. The number of anilines is 1. The molecule has 0 saturated heterocycles. The van der Waals surface area contributed by atoms with E-state index in [0.717, 1.165) is 16.7 Å². The molecule has 38 heavy (non-hydrogen) atoms. The molecule has 3 amide bonds. The van der Waals surface area contributed by atoms with Crippen LogP contribution in [-0.2, 0) is 33.9 Å². The Balaban J connectivity index is 1.57. The number of amides is 3. The summed E-state index contributed by atoms with van der Waals surface area (Å²) in [5.41, 5.74) is 3.35. The summed E-state index contributed by atoms with van der Waals surface area (Å²) in [4.78, 5) is 40.2. The Morgan fingerprint density at radius 3 is 2.45 bits per heavy atom. The van der Waals surface area contributed by atoms with Crippen LogP contribution in [0.25, 0.3) is 0 Å². The van der Waals surface area contributed by atoms with Crippen LogP contribution in [-0.4, -0.2) is 46.1 Å². The number of aliphatic carboxylic acids is 1. The van der Waals surface area contributed by atoms with Crippen molar-refractivity contribution in [3.63, 3.8) is 0 Å². The standard InChI is InChI=1S/C29H30ClN3O5/c1-19(38-18-20-8-3-2-4-9-20)27(32-29(37)31-24-13-7-12-23(30)15-24)28(36)33-17-22-11-6-5-10-21(22)14-25(33)16-26(34)35/h2-13,15,19,25,27H,14,16-18H2,1H3,(H,34,35)(H2,31,32,37)/t19-,25-,27+/m1/s1. The second kappa shape index (κ2) is 12.6. The minimum absolute atomic E-state index is 0.208. The van der Waals surface area contributed by atoms with Crippen molar-refractivity contribution in [2.24, 2.45) is 0 Å². The Labute approximate surface area is 226 Å². The molecule has 1 aliphatic heterocycles. The lowest BCUT2D eigenvalue weighted by molar-refractivity contribution is -0.144. The number of benzene rings is 3. The second-order valence-electron chi connectivity index (χ2n) is 9.28. The largest absolute Gasteiger partial charge is 0.481 e. The van der Waals surface area contributed by atoms with Gasteiger partial charge in [-0.3, -0.25) is 9.59 Å². The predicted molar refractivity (Wildman–Crippen MR) is 145 cm³/mol. The Morgan fingerprint density at radius 1 is 1.03 bits per heavy atom. The van der Waals surface area contributed by atoms with Crippen molar-refractivity contribution in [2.75, 3.05) is 5.32 Å². The van der Waals surface area contributed by atoms with Crippen LogP contribution in [0.3, 0.4) is 0 Å².